The molecule has 1 saturated heterocycles. The zero-order chi connectivity index (χ0) is 6.97. The molecule has 0 amide bonds. The average molecular weight is 125 g/mol. The zero-order valence-corrected chi connectivity index (χ0v) is 5.45. The highest BCUT2D eigenvalue weighted by atomic mass is 15.3. The quantitative estimate of drug-likeness (QED) is 0.508. The van der Waals surface area contributed by atoms with Crippen molar-refractivity contribution in [2.24, 2.45) is 0 Å². The number of nitrogens with one attached hydrogen (secondary N) is 1. The van der Waals surface area contributed by atoms with E-state index in [2.05, 4.69) is 17.2 Å². The summed E-state index contributed by atoms with van der Waals surface area (Å²) < 4.78 is 7.54. The van der Waals surface area contributed by atoms with Crippen molar-refractivity contribution in [3.05, 3.63) is 12.3 Å². The van der Waals surface area contributed by atoms with Gasteiger partial charge in [0.1, 0.15) is 1.41 Å². The SMILES string of the molecule is [2H]N1CC=CN2CCCC12. The van der Waals surface area contributed by atoms with E-state index in [4.69, 9.17) is 1.41 Å². The summed E-state index contributed by atoms with van der Waals surface area (Å²) in [6, 6.07) is 0. The van der Waals surface area contributed by atoms with Crippen LogP contribution in [0.25, 0.3) is 0 Å². The molecule has 2 heteroatoms. The first-order chi connectivity index (χ1) is 4.88. The Morgan fingerprint density at radius 2 is 2.78 bits per heavy atom. The van der Waals surface area contributed by atoms with Crippen molar-refractivity contribution in [1.82, 2.24) is 10.2 Å². The Kier molecular flexibility index (Phi) is 0.977. The second-order valence-corrected chi connectivity index (χ2v) is 2.61. The highest BCUT2D eigenvalue weighted by Gasteiger charge is 2.21. The molecule has 1 N–H and O–H groups in total. The molecule has 1 atom stereocenters. The molecular formula is C7H12N2. The van der Waals surface area contributed by atoms with E-state index < -0.39 is 0 Å². The van der Waals surface area contributed by atoms with Crippen LogP contribution in [0.5, 0.6) is 0 Å². The van der Waals surface area contributed by atoms with Gasteiger partial charge in [-0.05, 0) is 19.0 Å². The topological polar surface area (TPSA) is 15.3 Å². The van der Waals surface area contributed by atoms with Crippen molar-refractivity contribution in [1.29, 1.82) is 0 Å². The minimum Gasteiger partial charge on any atom is -0.362 e. The number of hydrogen-bond acceptors (Lipinski definition) is 2. The maximum absolute atomic E-state index is 7.54. The van der Waals surface area contributed by atoms with E-state index in [1.807, 2.05) is 0 Å². The van der Waals surface area contributed by atoms with Gasteiger partial charge in [0, 0.05) is 13.1 Å². The third-order valence-electron chi connectivity index (χ3n) is 1.98. The molecule has 0 aromatic carbocycles. The van der Waals surface area contributed by atoms with Gasteiger partial charge in [-0.25, -0.2) is 0 Å². The summed E-state index contributed by atoms with van der Waals surface area (Å²) in [6.45, 7) is 1.93. The number of hydrogen-bond donors (Lipinski definition) is 1. The molecule has 2 aliphatic heterocycles. The Morgan fingerprint density at radius 1 is 1.78 bits per heavy atom. The largest absolute Gasteiger partial charge is 0.362 e. The molecule has 2 rings (SSSR count). The van der Waals surface area contributed by atoms with Crippen molar-refractivity contribution in [2.45, 2.75) is 19.0 Å². The summed E-state index contributed by atoms with van der Waals surface area (Å²) >= 11 is 0. The van der Waals surface area contributed by atoms with Gasteiger partial charge < -0.3 is 4.90 Å². The normalized spacial score (nSPS) is 36.7. The van der Waals surface area contributed by atoms with Crippen LogP contribution in [0, 0.1) is 0 Å². The van der Waals surface area contributed by atoms with Crippen LogP contribution < -0.4 is 5.31 Å². The fourth-order valence-corrected chi connectivity index (χ4v) is 1.51. The first-order valence-electron chi connectivity index (χ1n) is 4.00. The van der Waals surface area contributed by atoms with Gasteiger partial charge in [-0.2, -0.15) is 0 Å². The second-order valence-electron chi connectivity index (χ2n) is 2.61. The molecule has 0 bridgehead atoms. The molecule has 50 valence electrons. The van der Waals surface area contributed by atoms with Gasteiger partial charge >= 0.3 is 0 Å². The van der Waals surface area contributed by atoms with Gasteiger partial charge in [0.05, 0.1) is 6.17 Å². The molecule has 2 aliphatic rings. The van der Waals surface area contributed by atoms with Crippen LogP contribution in [0.3, 0.4) is 0 Å². The van der Waals surface area contributed by atoms with E-state index in [9.17, 15) is 0 Å². The first kappa shape index (κ1) is 4.34. The van der Waals surface area contributed by atoms with Crippen LogP contribution >= 0.6 is 0 Å². The van der Waals surface area contributed by atoms with Gasteiger partial charge in [0.25, 0.3) is 0 Å². The lowest BCUT2D eigenvalue weighted by atomic mass is 10.3. The Labute approximate surface area is 57.0 Å². The molecular weight excluding hydrogens is 112 g/mol. The van der Waals surface area contributed by atoms with Gasteiger partial charge in [-0.15, -0.1) is 0 Å². The Hall–Kier alpha value is -0.500. The van der Waals surface area contributed by atoms with E-state index in [0.29, 0.717) is 6.17 Å². The maximum Gasteiger partial charge on any atom is 0.125 e. The molecule has 1 fully saturated rings. The highest BCUT2D eigenvalue weighted by molar-refractivity contribution is 4.96. The standard InChI is InChI=1S/C7H12N2/c1-3-7-8-4-2-6-9(7)5-1/h2,6-8H,1,3-5H2/i/hD. The van der Waals surface area contributed by atoms with Crippen molar-refractivity contribution in [3.8, 4) is 0 Å². The molecule has 0 saturated carbocycles. The van der Waals surface area contributed by atoms with E-state index in [-0.39, 0.29) is 0 Å². The third kappa shape index (κ3) is 0.833. The zero-order valence-electron chi connectivity index (χ0n) is 6.45. The molecule has 0 aromatic heterocycles. The average Bonchev–Trinajstić information content (AvgIpc) is 2.36. The minimum absolute atomic E-state index is 0.380. The summed E-state index contributed by atoms with van der Waals surface area (Å²) in [4.78, 5) is 2.25. The van der Waals surface area contributed by atoms with Crippen molar-refractivity contribution in [3.63, 3.8) is 0 Å². The Morgan fingerprint density at radius 3 is 3.67 bits per heavy atom. The summed E-state index contributed by atoms with van der Waals surface area (Å²) in [5, 5.41) is 1.66. The predicted molar refractivity (Wildman–Crippen MR) is 36.9 cm³/mol. The first-order valence-corrected chi connectivity index (χ1v) is 3.56. The lowest BCUT2D eigenvalue weighted by molar-refractivity contribution is 0.289. The van der Waals surface area contributed by atoms with Gasteiger partial charge in [-0.1, -0.05) is 6.08 Å². The van der Waals surface area contributed by atoms with Crippen LogP contribution in [0.4, 0.5) is 0 Å². The molecule has 0 aromatic rings. The predicted octanol–water partition coefficient (Wildman–Crippen LogP) is 0.525. The van der Waals surface area contributed by atoms with Gasteiger partial charge in [-0.3, -0.25) is 5.31 Å². The molecule has 0 spiro atoms. The lowest BCUT2D eigenvalue weighted by Crippen LogP contribution is -2.41. The highest BCUT2D eigenvalue weighted by Crippen LogP contribution is 2.16. The van der Waals surface area contributed by atoms with E-state index in [1.54, 1.807) is 5.31 Å². The summed E-state index contributed by atoms with van der Waals surface area (Å²) in [7, 11) is 0. The smallest absolute Gasteiger partial charge is 0.125 e. The lowest BCUT2D eigenvalue weighted by Gasteiger charge is -2.26. The van der Waals surface area contributed by atoms with Crippen LogP contribution in [0.1, 0.15) is 12.8 Å². The molecule has 0 aliphatic carbocycles. The molecule has 0 radical (unpaired) electrons. The summed E-state index contributed by atoms with van der Waals surface area (Å²) in [6.07, 6.45) is 6.96. The Bertz CT molecular complexity index is 158. The number of nitrogens with zero attached hydrogens (tertiary/aromatic N) is 1. The van der Waals surface area contributed by atoms with E-state index in [1.165, 1.54) is 6.42 Å². The van der Waals surface area contributed by atoms with Crippen LogP contribution in [0.15, 0.2) is 12.3 Å². The maximum atomic E-state index is 7.54. The van der Waals surface area contributed by atoms with Gasteiger partial charge in [0.2, 0.25) is 0 Å². The summed E-state index contributed by atoms with van der Waals surface area (Å²) in [5.41, 5.74) is 0. The number of rotatable bonds is 0. The summed E-state index contributed by atoms with van der Waals surface area (Å²) in [5.74, 6) is 0. The fraction of sp³-hybridized carbons (Fsp3) is 0.714. The Balaban J connectivity index is 2.14. The van der Waals surface area contributed by atoms with Crippen LogP contribution in [0.2, 0.25) is 1.41 Å². The van der Waals surface area contributed by atoms with E-state index >= 15 is 0 Å². The van der Waals surface area contributed by atoms with Crippen molar-refractivity contribution in [2.75, 3.05) is 13.1 Å². The molecule has 9 heavy (non-hydrogen) atoms. The third-order valence-corrected chi connectivity index (χ3v) is 1.98. The fourth-order valence-electron chi connectivity index (χ4n) is 1.51. The second kappa shape index (κ2) is 2.03. The number of fused-ring (bicyclic) bond motifs is 1. The van der Waals surface area contributed by atoms with Crippen molar-refractivity contribution < 1.29 is 1.41 Å². The van der Waals surface area contributed by atoms with Crippen LogP contribution in [-0.2, 0) is 0 Å². The van der Waals surface area contributed by atoms with Crippen LogP contribution in [-0.4, -0.2) is 24.2 Å². The monoisotopic (exact) mass is 125 g/mol. The van der Waals surface area contributed by atoms with Gasteiger partial charge in [0.15, 0.2) is 0 Å². The minimum atomic E-state index is 0.380. The van der Waals surface area contributed by atoms with Crippen molar-refractivity contribution >= 4 is 0 Å². The molecule has 2 heterocycles. The van der Waals surface area contributed by atoms with E-state index in [0.717, 1.165) is 19.5 Å². The molecule has 2 nitrogen and oxygen atoms in total. The molecule has 1 unspecified atom stereocenters.